The summed E-state index contributed by atoms with van der Waals surface area (Å²) in [5, 5.41) is 3.49. The third-order valence-corrected chi connectivity index (χ3v) is 4.53. The van der Waals surface area contributed by atoms with Crippen LogP contribution in [0.1, 0.15) is 40.0 Å². The molecule has 0 aliphatic rings. The molecule has 0 aliphatic carbocycles. The summed E-state index contributed by atoms with van der Waals surface area (Å²) in [5.74, 6) is 0. The molecule has 0 aromatic heterocycles. The summed E-state index contributed by atoms with van der Waals surface area (Å²) in [7, 11) is 0. The van der Waals surface area contributed by atoms with Crippen LogP contribution in [0, 0.1) is 0 Å². The standard InChI is InChI=1S/C12H27NOS/c1-5-9-14-10-8-13-11-12(6-2,7-3)15-4/h13H,5-11H2,1-4H3. The van der Waals surface area contributed by atoms with Crippen LogP contribution in [0.25, 0.3) is 0 Å². The molecule has 0 unspecified atom stereocenters. The lowest BCUT2D eigenvalue weighted by atomic mass is 10.0. The van der Waals surface area contributed by atoms with E-state index in [1.807, 2.05) is 11.8 Å². The van der Waals surface area contributed by atoms with Gasteiger partial charge in [-0.1, -0.05) is 20.8 Å². The topological polar surface area (TPSA) is 21.3 Å². The van der Waals surface area contributed by atoms with Crippen molar-refractivity contribution in [2.45, 2.75) is 44.8 Å². The lowest BCUT2D eigenvalue weighted by Crippen LogP contribution is -2.38. The van der Waals surface area contributed by atoms with Crippen LogP contribution in [-0.4, -0.2) is 37.3 Å². The lowest BCUT2D eigenvalue weighted by Gasteiger charge is -2.29. The molecule has 0 saturated carbocycles. The van der Waals surface area contributed by atoms with Crippen molar-refractivity contribution in [2.24, 2.45) is 0 Å². The van der Waals surface area contributed by atoms with E-state index in [1.54, 1.807) is 0 Å². The highest BCUT2D eigenvalue weighted by Crippen LogP contribution is 2.29. The molecule has 0 radical (unpaired) electrons. The van der Waals surface area contributed by atoms with E-state index < -0.39 is 0 Å². The van der Waals surface area contributed by atoms with Crippen molar-refractivity contribution in [3.63, 3.8) is 0 Å². The molecule has 2 nitrogen and oxygen atoms in total. The van der Waals surface area contributed by atoms with E-state index in [0.29, 0.717) is 4.75 Å². The van der Waals surface area contributed by atoms with Gasteiger partial charge in [0.05, 0.1) is 6.61 Å². The molecule has 15 heavy (non-hydrogen) atoms. The molecule has 0 fully saturated rings. The van der Waals surface area contributed by atoms with Gasteiger partial charge < -0.3 is 10.1 Å². The van der Waals surface area contributed by atoms with E-state index in [9.17, 15) is 0 Å². The highest BCUT2D eigenvalue weighted by Gasteiger charge is 2.23. The highest BCUT2D eigenvalue weighted by atomic mass is 32.2. The summed E-state index contributed by atoms with van der Waals surface area (Å²) in [6.07, 6.45) is 5.78. The molecule has 1 N–H and O–H groups in total. The van der Waals surface area contributed by atoms with Gasteiger partial charge in [-0.2, -0.15) is 11.8 Å². The van der Waals surface area contributed by atoms with Crippen LogP contribution in [0.2, 0.25) is 0 Å². The second-order valence-electron chi connectivity index (χ2n) is 3.88. The van der Waals surface area contributed by atoms with Crippen molar-refractivity contribution in [3.05, 3.63) is 0 Å². The van der Waals surface area contributed by atoms with Gasteiger partial charge in [0.15, 0.2) is 0 Å². The van der Waals surface area contributed by atoms with E-state index in [0.717, 1.165) is 32.7 Å². The molecule has 0 bridgehead atoms. The molecule has 0 aromatic carbocycles. The second-order valence-corrected chi connectivity index (χ2v) is 5.16. The molecule has 0 atom stereocenters. The Morgan fingerprint density at radius 3 is 2.27 bits per heavy atom. The van der Waals surface area contributed by atoms with Crippen molar-refractivity contribution >= 4 is 11.8 Å². The molecule has 3 heteroatoms. The Bertz CT molecular complexity index is 129. The number of nitrogens with one attached hydrogen (secondary N) is 1. The number of hydrogen-bond donors (Lipinski definition) is 1. The SMILES string of the molecule is CCCOCCNCC(CC)(CC)SC. The largest absolute Gasteiger partial charge is 0.380 e. The molecule has 0 aromatic rings. The average Bonchev–Trinajstić information content (AvgIpc) is 2.29. The lowest BCUT2D eigenvalue weighted by molar-refractivity contribution is 0.136. The molecule has 0 aliphatic heterocycles. The molecule has 0 heterocycles. The average molecular weight is 233 g/mol. The molecule has 0 rings (SSSR count). The third-order valence-electron chi connectivity index (χ3n) is 2.94. The van der Waals surface area contributed by atoms with Gasteiger partial charge in [-0.3, -0.25) is 0 Å². The van der Waals surface area contributed by atoms with Gasteiger partial charge in [-0.15, -0.1) is 0 Å². The molecule has 92 valence electrons. The van der Waals surface area contributed by atoms with Gasteiger partial charge >= 0.3 is 0 Å². The van der Waals surface area contributed by atoms with Crippen molar-refractivity contribution < 1.29 is 4.74 Å². The van der Waals surface area contributed by atoms with E-state index in [-0.39, 0.29) is 0 Å². The monoisotopic (exact) mass is 233 g/mol. The van der Waals surface area contributed by atoms with E-state index in [2.05, 4.69) is 32.3 Å². The Hall–Kier alpha value is 0.270. The van der Waals surface area contributed by atoms with Gasteiger partial charge in [0.1, 0.15) is 0 Å². The smallest absolute Gasteiger partial charge is 0.0590 e. The van der Waals surface area contributed by atoms with Crippen molar-refractivity contribution in [3.8, 4) is 0 Å². The highest BCUT2D eigenvalue weighted by molar-refractivity contribution is 8.00. The van der Waals surface area contributed by atoms with Gasteiger partial charge in [0, 0.05) is 24.4 Å². The second kappa shape index (κ2) is 9.49. The number of thioether (sulfide) groups is 1. The first-order chi connectivity index (χ1) is 7.24. The van der Waals surface area contributed by atoms with Crippen LogP contribution in [0.3, 0.4) is 0 Å². The van der Waals surface area contributed by atoms with Gasteiger partial charge in [0.2, 0.25) is 0 Å². The fraction of sp³-hybridized carbons (Fsp3) is 1.00. The van der Waals surface area contributed by atoms with Crippen LogP contribution in [-0.2, 0) is 4.74 Å². The number of ether oxygens (including phenoxy) is 1. The first-order valence-electron chi connectivity index (χ1n) is 6.08. The van der Waals surface area contributed by atoms with E-state index in [4.69, 9.17) is 4.74 Å². The first kappa shape index (κ1) is 15.3. The summed E-state index contributed by atoms with van der Waals surface area (Å²) in [4.78, 5) is 0. The van der Waals surface area contributed by atoms with Crippen LogP contribution >= 0.6 is 11.8 Å². The summed E-state index contributed by atoms with van der Waals surface area (Å²) < 4.78 is 5.85. The molecule has 0 spiro atoms. The zero-order chi connectivity index (χ0) is 11.6. The van der Waals surface area contributed by atoms with Crippen LogP contribution < -0.4 is 5.32 Å². The zero-order valence-corrected chi connectivity index (χ0v) is 11.6. The fourth-order valence-electron chi connectivity index (χ4n) is 1.57. The Labute approximate surface area is 99.5 Å². The van der Waals surface area contributed by atoms with Crippen LogP contribution in [0.4, 0.5) is 0 Å². The maximum absolute atomic E-state index is 5.43. The third kappa shape index (κ3) is 6.44. The molecular formula is C12H27NOS. The predicted molar refractivity (Wildman–Crippen MR) is 70.8 cm³/mol. The van der Waals surface area contributed by atoms with Gasteiger partial charge in [-0.05, 0) is 25.5 Å². The summed E-state index contributed by atoms with van der Waals surface area (Å²) in [5.41, 5.74) is 0. The van der Waals surface area contributed by atoms with Crippen LogP contribution in [0.5, 0.6) is 0 Å². The number of hydrogen-bond acceptors (Lipinski definition) is 3. The van der Waals surface area contributed by atoms with Crippen LogP contribution in [0.15, 0.2) is 0 Å². The van der Waals surface area contributed by atoms with E-state index >= 15 is 0 Å². The minimum absolute atomic E-state index is 0.421. The maximum Gasteiger partial charge on any atom is 0.0590 e. The summed E-state index contributed by atoms with van der Waals surface area (Å²) >= 11 is 1.98. The fourth-order valence-corrected chi connectivity index (χ4v) is 2.39. The molecular weight excluding hydrogens is 206 g/mol. The minimum atomic E-state index is 0.421. The minimum Gasteiger partial charge on any atom is -0.380 e. The van der Waals surface area contributed by atoms with E-state index in [1.165, 1.54) is 12.8 Å². The summed E-state index contributed by atoms with van der Waals surface area (Å²) in [6, 6.07) is 0. The Morgan fingerprint density at radius 2 is 1.80 bits per heavy atom. The Kier molecular flexibility index (Phi) is 9.66. The van der Waals surface area contributed by atoms with Gasteiger partial charge in [0.25, 0.3) is 0 Å². The summed E-state index contributed by atoms with van der Waals surface area (Å²) in [6.45, 7) is 10.5. The molecule has 0 amide bonds. The van der Waals surface area contributed by atoms with Gasteiger partial charge in [-0.25, -0.2) is 0 Å². The first-order valence-corrected chi connectivity index (χ1v) is 7.30. The van der Waals surface area contributed by atoms with Crippen molar-refractivity contribution in [1.82, 2.24) is 5.32 Å². The predicted octanol–water partition coefficient (Wildman–Crippen LogP) is 2.92. The Balaban J connectivity index is 3.54. The zero-order valence-electron chi connectivity index (χ0n) is 10.8. The van der Waals surface area contributed by atoms with Crippen molar-refractivity contribution in [1.29, 1.82) is 0 Å². The maximum atomic E-state index is 5.43. The normalized spacial score (nSPS) is 12.0. The van der Waals surface area contributed by atoms with Crippen molar-refractivity contribution in [2.75, 3.05) is 32.6 Å². The Morgan fingerprint density at radius 1 is 1.13 bits per heavy atom. The molecule has 0 saturated heterocycles. The quantitative estimate of drug-likeness (QED) is 0.586. The number of rotatable bonds is 10.